The van der Waals surface area contributed by atoms with Gasteiger partial charge in [0.2, 0.25) is 0 Å². The molecule has 1 unspecified atom stereocenters. The molecule has 1 N–H and O–H groups in total. The van der Waals surface area contributed by atoms with Crippen LogP contribution in [0.15, 0.2) is 61.2 Å². The van der Waals surface area contributed by atoms with Gasteiger partial charge in [-0.25, -0.2) is 18.1 Å². The molecule has 27 heavy (non-hydrogen) atoms. The molecule has 0 saturated carbocycles. The van der Waals surface area contributed by atoms with Crippen molar-refractivity contribution < 1.29 is 13.2 Å². The zero-order chi connectivity index (χ0) is 19.4. The number of aromatic nitrogens is 3. The molecule has 0 radical (unpaired) electrons. The number of nitrogens with one attached hydrogen (secondary N) is 1. The van der Waals surface area contributed by atoms with Gasteiger partial charge >= 0.3 is 0 Å². The van der Waals surface area contributed by atoms with E-state index in [1.165, 1.54) is 12.6 Å². The number of carbonyl (C=O) groups is 1. The lowest BCUT2D eigenvalue weighted by Gasteiger charge is -2.15. The van der Waals surface area contributed by atoms with E-state index in [2.05, 4.69) is 15.4 Å². The summed E-state index contributed by atoms with van der Waals surface area (Å²) in [6.07, 6.45) is 4.25. The first kappa shape index (κ1) is 18.8. The Kier molecular flexibility index (Phi) is 5.36. The van der Waals surface area contributed by atoms with Crippen molar-refractivity contribution in [2.75, 3.05) is 6.26 Å². The van der Waals surface area contributed by atoms with Crippen LogP contribution in [-0.2, 0) is 15.6 Å². The molecule has 0 aliphatic carbocycles. The summed E-state index contributed by atoms with van der Waals surface area (Å²) < 4.78 is 24.5. The van der Waals surface area contributed by atoms with Crippen molar-refractivity contribution in [2.24, 2.45) is 0 Å². The second-order valence-corrected chi connectivity index (χ2v) is 8.54. The van der Waals surface area contributed by atoms with Crippen LogP contribution >= 0.6 is 0 Å². The SMILES string of the molecule is CC(NC(=O)c1cccc(CS(C)(=O)=O)c1)c1ccc(-n2cncn2)cc1. The van der Waals surface area contributed by atoms with Crippen LogP contribution in [0.3, 0.4) is 0 Å². The van der Waals surface area contributed by atoms with Crippen LogP contribution in [0.1, 0.15) is 34.5 Å². The molecule has 1 aromatic heterocycles. The Labute approximate surface area is 158 Å². The van der Waals surface area contributed by atoms with Crippen molar-refractivity contribution in [1.29, 1.82) is 0 Å². The molecule has 7 nitrogen and oxygen atoms in total. The van der Waals surface area contributed by atoms with E-state index in [1.807, 2.05) is 31.2 Å². The summed E-state index contributed by atoms with van der Waals surface area (Å²) in [5.41, 5.74) is 2.85. The average Bonchev–Trinajstić information content (AvgIpc) is 3.15. The second kappa shape index (κ2) is 7.71. The highest BCUT2D eigenvalue weighted by atomic mass is 32.2. The number of hydrogen-bond donors (Lipinski definition) is 1. The maximum absolute atomic E-state index is 12.5. The fourth-order valence-corrected chi connectivity index (χ4v) is 3.51. The molecule has 2 aromatic carbocycles. The number of sulfone groups is 1. The Morgan fingerprint density at radius 2 is 1.93 bits per heavy atom. The Hall–Kier alpha value is -3.00. The number of nitrogens with zero attached hydrogens (tertiary/aromatic N) is 3. The predicted molar refractivity (Wildman–Crippen MR) is 102 cm³/mol. The average molecular weight is 384 g/mol. The van der Waals surface area contributed by atoms with Crippen LogP contribution in [-0.4, -0.2) is 35.3 Å². The molecule has 0 aliphatic rings. The molecule has 140 valence electrons. The van der Waals surface area contributed by atoms with Gasteiger partial charge in [-0.3, -0.25) is 4.79 Å². The Morgan fingerprint density at radius 1 is 1.19 bits per heavy atom. The lowest BCUT2D eigenvalue weighted by molar-refractivity contribution is 0.0939. The van der Waals surface area contributed by atoms with Gasteiger partial charge < -0.3 is 5.32 Å². The van der Waals surface area contributed by atoms with Crippen molar-refractivity contribution in [1.82, 2.24) is 20.1 Å². The molecule has 3 rings (SSSR count). The van der Waals surface area contributed by atoms with Crippen LogP contribution in [0.25, 0.3) is 5.69 Å². The number of hydrogen-bond acceptors (Lipinski definition) is 5. The van der Waals surface area contributed by atoms with Gasteiger partial charge in [0, 0.05) is 11.8 Å². The van der Waals surface area contributed by atoms with E-state index >= 15 is 0 Å². The van der Waals surface area contributed by atoms with Crippen LogP contribution in [0.2, 0.25) is 0 Å². The zero-order valence-corrected chi connectivity index (χ0v) is 15.8. The smallest absolute Gasteiger partial charge is 0.251 e. The van der Waals surface area contributed by atoms with Gasteiger partial charge in [-0.15, -0.1) is 0 Å². The first-order valence-electron chi connectivity index (χ1n) is 8.34. The molecule has 1 amide bonds. The number of carbonyl (C=O) groups excluding carboxylic acids is 1. The van der Waals surface area contributed by atoms with E-state index in [4.69, 9.17) is 0 Å². The van der Waals surface area contributed by atoms with Crippen LogP contribution in [0.4, 0.5) is 0 Å². The minimum atomic E-state index is -3.15. The van der Waals surface area contributed by atoms with Crippen molar-refractivity contribution in [3.8, 4) is 5.69 Å². The summed E-state index contributed by atoms with van der Waals surface area (Å²) in [7, 11) is -3.15. The van der Waals surface area contributed by atoms with E-state index in [9.17, 15) is 13.2 Å². The van der Waals surface area contributed by atoms with Crippen molar-refractivity contribution in [3.05, 3.63) is 77.9 Å². The first-order chi connectivity index (χ1) is 12.8. The molecular formula is C19H20N4O3S. The summed E-state index contributed by atoms with van der Waals surface area (Å²) >= 11 is 0. The molecule has 0 fully saturated rings. The molecule has 0 bridgehead atoms. The Morgan fingerprint density at radius 3 is 2.56 bits per heavy atom. The van der Waals surface area contributed by atoms with Gasteiger partial charge in [0.25, 0.3) is 5.91 Å². The minimum absolute atomic E-state index is 0.0899. The fourth-order valence-electron chi connectivity index (χ4n) is 2.73. The molecule has 3 aromatic rings. The summed E-state index contributed by atoms with van der Waals surface area (Å²) in [6.45, 7) is 1.89. The van der Waals surface area contributed by atoms with Gasteiger partial charge in [-0.1, -0.05) is 24.3 Å². The van der Waals surface area contributed by atoms with Gasteiger partial charge in [0.15, 0.2) is 9.84 Å². The molecular weight excluding hydrogens is 364 g/mol. The summed E-state index contributed by atoms with van der Waals surface area (Å²) in [5, 5.41) is 7.01. The predicted octanol–water partition coefficient (Wildman–Crippen LogP) is 2.30. The van der Waals surface area contributed by atoms with E-state index < -0.39 is 9.84 Å². The van der Waals surface area contributed by atoms with E-state index in [0.717, 1.165) is 11.3 Å². The van der Waals surface area contributed by atoms with Gasteiger partial charge in [-0.2, -0.15) is 5.10 Å². The zero-order valence-electron chi connectivity index (χ0n) is 15.0. The highest BCUT2D eigenvalue weighted by Crippen LogP contribution is 2.16. The normalized spacial score (nSPS) is 12.5. The van der Waals surface area contributed by atoms with Gasteiger partial charge in [-0.05, 0) is 42.3 Å². The third kappa shape index (κ3) is 5.01. The molecule has 0 saturated heterocycles. The Bertz CT molecular complexity index is 1030. The summed E-state index contributed by atoms with van der Waals surface area (Å²) in [6, 6.07) is 14.1. The first-order valence-corrected chi connectivity index (χ1v) is 10.4. The summed E-state index contributed by atoms with van der Waals surface area (Å²) in [5.74, 6) is -0.342. The second-order valence-electron chi connectivity index (χ2n) is 6.40. The van der Waals surface area contributed by atoms with Crippen molar-refractivity contribution in [2.45, 2.75) is 18.7 Å². The third-order valence-corrected chi connectivity index (χ3v) is 4.90. The highest BCUT2D eigenvalue weighted by molar-refractivity contribution is 7.89. The maximum atomic E-state index is 12.5. The highest BCUT2D eigenvalue weighted by Gasteiger charge is 2.13. The lowest BCUT2D eigenvalue weighted by atomic mass is 10.1. The monoisotopic (exact) mass is 384 g/mol. The van der Waals surface area contributed by atoms with Gasteiger partial charge in [0.1, 0.15) is 12.7 Å². The van der Waals surface area contributed by atoms with Crippen molar-refractivity contribution >= 4 is 15.7 Å². The maximum Gasteiger partial charge on any atom is 0.251 e. The number of benzene rings is 2. The van der Waals surface area contributed by atoms with Crippen LogP contribution in [0.5, 0.6) is 0 Å². The lowest BCUT2D eigenvalue weighted by Crippen LogP contribution is -2.26. The van der Waals surface area contributed by atoms with Crippen molar-refractivity contribution in [3.63, 3.8) is 0 Å². The van der Waals surface area contributed by atoms with Crippen LogP contribution < -0.4 is 5.32 Å². The van der Waals surface area contributed by atoms with Crippen LogP contribution in [0, 0.1) is 0 Å². The molecule has 1 heterocycles. The fraction of sp³-hybridized carbons (Fsp3) is 0.211. The molecule has 0 aliphatic heterocycles. The number of amides is 1. The van der Waals surface area contributed by atoms with E-state index in [1.54, 1.807) is 35.3 Å². The van der Waals surface area contributed by atoms with E-state index in [0.29, 0.717) is 11.1 Å². The topological polar surface area (TPSA) is 94.0 Å². The van der Waals surface area contributed by atoms with E-state index in [-0.39, 0.29) is 17.7 Å². The Balaban J connectivity index is 1.69. The summed E-state index contributed by atoms with van der Waals surface area (Å²) in [4.78, 5) is 16.4. The number of rotatable bonds is 6. The standard InChI is InChI=1S/C19H20N4O3S/c1-14(16-6-8-18(9-7-16)23-13-20-12-21-23)22-19(24)17-5-3-4-15(10-17)11-27(2,25)26/h3-10,12-14H,11H2,1-2H3,(H,22,24). The molecule has 0 spiro atoms. The third-order valence-electron chi connectivity index (χ3n) is 4.04. The molecule has 8 heteroatoms. The van der Waals surface area contributed by atoms with Gasteiger partial charge in [0.05, 0.1) is 17.5 Å². The minimum Gasteiger partial charge on any atom is -0.346 e. The quantitative estimate of drug-likeness (QED) is 0.704. The largest absolute Gasteiger partial charge is 0.346 e. The molecule has 1 atom stereocenters.